The first-order chi connectivity index (χ1) is 5.99. The fraction of sp³-hybridized carbons (Fsp3) is 0.750. The van der Waals surface area contributed by atoms with Crippen molar-refractivity contribution in [1.82, 2.24) is 9.80 Å². The van der Waals surface area contributed by atoms with E-state index in [0.29, 0.717) is 17.5 Å². The lowest BCUT2D eigenvalue weighted by Gasteiger charge is -2.20. The van der Waals surface area contributed by atoms with E-state index in [0.717, 1.165) is 0 Å². The largest absolute Gasteiger partial charge is 0.344 e. The zero-order chi connectivity index (χ0) is 10.4. The van der Waals surface area contributed by atoms with Gasteiger partial charge in [-0.3, -0.25) is 9.59 Å². The van der Waals surface area contributed by atoms with Crippen molar-refractivity contribution >= 4 is 34.4 Å². The third kappa shape index (κ3) is 5.07. The monoisotopic (exact) mass is 298 g/mol. The molecule has 0 aliphatic heterocycles. The molecule has 0 aromatic rings. The summed E-state index contributed by atoms with van der Waals surface area (Å²) in [5.74, 6) is 0.118. The predicted octanol–water partition coefficient (Wildman–Crippen LogP) is 0.358. The van der Waals surface area contributed by atoms with Crippen LogP contribution in [0.4, 0.5) is 0 Å². The number of hydrogen-bond acceptors (Lipinski definition) is 2. The van der Waals surface area contributed by atoms with Crippen LogP contribution < -0.4 is 0 Å². The maximum atomic E-state index is 11.1. The summed E-state index contributed by atoms with van der Waals surface area (Å²) in [4.78, 5) is 25.2. The average Bonchev–Trinajstić information content (AvgIpc) is 2.11. The maximum absolute atomic E-state index is 11.1. The van der Waals surface area contributed by atoms with Crippen LogP contribution in [0.15, 0.2) is 0 Å². The third-order valence-electron chi connectivity index (χ3n) is 1.85. The summed E-state index contributed by atoms with van der Waals surface area (Å²) < 4.78 is 0.484. The van der Waals surface area contributed by atoms with Gasteiger partial charge in [0.2, 0.25) is 11.8 Å². The minimum Gasteiger partial charge on any atom is -0.344 e. The highest BCUT2D eigenvalue weighted by Gasteiger charge is 2.08. The summed E-state index contributed by atoms with van der Waals surface area (Å²) in [5, 5.41) is 0. The molecule has 0 spiro atoms. The van der Waals surface area contributed by atoms with Crippen LogP contribution in [-0.2, 0) is 9.59 Å². The third-order valence-corrected chi connectivity index (χ3v) is 2.50. The van der Waals surface area contributed by atoms with Crippen LogP contribution in [0, 0.1) is 0 Å². The van der Waals surface area contributed by atoms with Gasteiger partial charge in [0, 0.05) is 34.1 Å². The Bertz CT molecular complexity index is 197. The SMILES string of the molecule is CC(=O)N(C)CCN(C)C(=O)CI. The van der Waals surface area contributed by atoms with Gasteiger partial charge in [0.15, 0.2) is 0 Å². The number of alkyl halides is 1. The molecule has 0 atom stereocenters. The van der Waals surface area contributed by atoms with Gasteiger partial charge >= 0.3 is 0 Å². The van der Waals surface area contributed by atoms with E-state index in [-0.39, 0.29) is 11.8 Å². The van der Waals surface area contributed by atoms with Gasteiger partial charge in [0.05, 0.1) is 4.43 Å². The fourth-order valence-corrected chi connectivity index (χ4v) is 1.27. The number of hydrogen-bond donors (Lipinski definition) is 0. The molecule has 13 heavy (non-hydrogen) atoms. The summed E-state index contributed by atoms with van der Waals surface area (Å²) >= 11 is 2.03. The first kappa shape index (κ1) is 12.7. The lowest BCUT2D eigenvalue weighted by Crippen LogP contribution is -2.36. The zero-order valence-electron chi connectivity index (χ0n) is 8.21. The van der Waals surface area contributed by atoms with E-state index in [4.69, 9.17) is 0 Å². The molecular formula is C8H15IN2O2. The fourth-order valence-electron chi connectivity index (χ4n) is 0.684. The molecule has 76 valence electrons. The van der Waals surface area contributed by atoms with E-state index in [1.165, 1.54) is 6.92 Å². The molecule has 0 aliphatic carbocycles. The van der Waals surface area contributed by atoms with Crippen LogP contribution in [0.3, 0.4) is 0 Å². The van der Waals surface area contributed by atoms with Gasteiger partial charge in [-0.2, -0.15) is 0 Å². The maximum Gasteiger partial charge on any atom is 0.232 e. The molecule has 2 amide bonds. The highest BCUT2D eigenvalue weighted by molar-refractivity contribution is 14.1. The topological polar surface area (TPSA) is 40.6 Å². The van der Waals surface area contributed by atoms with Gasteiger partial charge in [0.1, 0.15) is 0 Å². The Kier molecular flexibility index (Phi) is 6.02. The van der Waals surface area contributed by atoms with Crippen molar-refractivity contribution in [2.24, 2.45) is 0 Å². The molecule has 0 bridgehead atoms. The zero-order valence-corrected chi connectivity index (χ0v) is 10.4. The minimum atomic E-state index is 0.0234. The van der Waals surface area contributed by atoms with E-state index in [1.807, 2.05) is 22.6 Å². The van der Waals surface area contributed by atoms with Crippen molar-refractivity contribution in [2.45, 2.75) is 6.92 Å². The highest BCUT2D eigenvalue weighted by Crippen LogP contribution is 1.92. The first-order valence-corrected chi connectivity index (χ1v) is 5.53. The average molecular weight is 298 g/mol. The van der Waals surface area contributed by atoms with Crippen molar-refractivity contribution in [1.29, 1.82) is 0 Å². The first-order valence-electron chi connectivity index (χ1n) is 4.00. The summed E-state index contributed by atoms with van der Waals surface area (Å²) in [5.41, 5.74) is 0. The number of halogens is 1. The van der Waals surface area contributed by atoms with E-state index in [2.05, 4.69) is 0 Å². The van der Waals surface area contributed by atoms with E-state index >= 15 is 0 Å². The molecular weight excluding hydrogens is 283 g/mol. The molecule has 0 aromatic carbocycles. The molecule has 0 saturated carbocycles. The predicted molar refractivity (Wildman–Crippen MR) is 59.8 cm³/mol. The summed E-state index contributed by atoms with van der Waals surface area (Å²) in [6.07, 6.45) is 0. The van der Waals surface area contributed by atoms with E-state index in [9.17, 15) is 9.59 Å². The van der Waals surface area contributed by atoms with Gasteiger partial charge < -0.3 is 9.80 Å². The normalized spacial score (nSPS) is 9.54. The van der Waals surface area contributed by atoms with Crippen LogP contribution in [-0.4, -0.2) is 53.2 Å². The molecule has 0 saturated heterocycles. The second-order valence-electron chi connectivity index (χ2n) is 2.89. The number of nitrogens with zero attached hydrogens (tertiary/aromatic N) is 2. The van der Waals surface area contributed by atoms with Crippen LogP contribution in [0.25, 0.3) is 0 Å². The van der Waals surface area contributed by atoms with E-state index in [1.54, 1.807) is 23.9 Å². The molecule has 0 N–H and O–H groups in total. The van der Waals surface area contributed by atoms with E-state index < -0.39 is 0 Å². The van der Waals surface area contributed by atoms with Gasteiger partial charge in [0.25, 0.3) is 0 Å². The molecule has 5 heteroatoms. The quantitative estimate of drug-likeness (QED) is 0.555. The molecule has 0 aliphatic rings. The number of carbonyl (C=O) groups is 2. The summed E-state index contributed by atoms with van der Waals surface area (Å²) in [6, 6.07) is 0. The van der Waals surface area contributed by atoms with Crippen molar-refractivity contribution < 1.29 is 9.59 Å². The Balaban J connectivity index is 3.76. The lowest BCUT2D eigenvalue weighted by atomic mass is 10.4. The van der Waals surface area contributed by atoms with Gasteiger partial charge in [-0.05, 0) is 0 Å². The minimum absolute atomic E-state index is 0.0234. The van der Waals surface area contributed by atoms with Gasteiger partial charge in [-0.15, -0.1) is 0 Å². The Morgan fingerprint density at radius 3 is 2.00 bits per heavy atom. The van der Waals surface area contributed by atoms with Crippen LogP contribution in [0.2, 0.25) is 0 Å². The van der Waals surface area contributed by atoms with Gasteiger partial charge in [-0.25, -0.2) is 0 Å². The number of carbonyl (C=O) groups excluding carboxylic acids is 2. The Hall–Kier alpha value is -0.330. The standard InChI is InChI=1S/C8H15IN2O2/c1-7(12)10(2)4-5-11(3)8(13)6-9/h4-6H2,1-3H3. The van der Waals surface area contributed by atoms with Crippen molar-refractivity contribution in [3.8, 4) is 0 Å². The summed E-state index contributed by atoms with van der Waals surface area (Å²) in [7, 11) is 3.47. The Labute approximate surface area is 92.4 Å². The Morgan fingerprint density at radius 1 is 1.15 bits per heavy atom. The molecule has 4 nitrogen and oxygen atoms in total. The van der Waals surface area contributed by atoms with Crippen LogP contribution in [0.1, 0.15) is 6.92 Å². The molecule has 0 heterocycles. The smallest absolute Gasteiger partial charge is 0.232 e. The summed E-state index contributed by atoms with van der Waals surface area (Å²) in [6.45, 7) is 2.70. The second-order valence-corrected chi connectivity index (χ2v) is 3.65. The van der Waals surface area contributed by atoms with Crippen molar-refractivity contribution in [3.63, 3.8) is 0 Å². The van der Waals surface area contributed by atoms with Crippen molar-refractivity contribution in [3.05, 3.63) is 0 Å². The van der Waals surface area contributed by atoms with Crippen LogP contribution in [0.5, 0.6) is 0 Å². The second kappa shape index (κ2) is 6.17. The number of rotatable bonds is 4. The molecule has 0 unspecified atom stereocenters. The molecule has 0 aromatic heterocycles. The lowest BCUT2D eigenvalue weighted by molar-refractivity contribution is -0.130. The number of likely N-dealkylation sites (N-methyl/N-ethyl adjacent to an activating group) is 2. The van der Waals surface area contributed by atoms with Crippen molar-refractivity contribution in [2.75, 3.05) is 31.6 Å². The van der Waals surface area contributed by atoms with Crippen LogP contribution >= 0.6 is 22.6 Å². The van der Waals surface area contributed by atoms with Gasteiger partial charge in [-0.1, -0.05) is 22.6 Å². The highest BCUT2D eigenvalue weighted by atomic mass is 127. The Morgan fingerprint density at radius 2 is 1.62 bits per heavy atom. The number of amides is 2. The molecule has 0 radical (unpaired) electrons. The molecule has 0 fully saturated rings. The molecule has 0 rings (SSSR count).